The van der Waals surface area contributed by atoms with E-state index in [1.807, 2.05) is 60.5 Å². The number of carbonyl (C=O) groups excluding carboxylic acids is 2. The summed E-state index contributed by atoms with van der Waals surface area (Å²) in [4.78, 5) is 25.7. The van der Waals surface area contributed by atoms with Crippen LogP contribution in [0.2, 0.25) is 0 Å². The fourth-order valence-corrected chi connectivity index (χ4v) is 7.42. The molecule has 5 atom stereocenters. The molecule has 8 rings (SSSR count). The Balaban J connectivity index is 0.929. The van der Waals surface area contributed by atoms with Crippen molar-refractivity contribution in [3.63, 3.8) is 0 Å². The third-order valence-electron chi connectivity index (χ3n) is 10.0. The van der Waals surface area contributed by atoms with E-state index in [0.717, 1.165) is 40.9 Å². The molecule has 0 bridgehead atoms. The van der Waals surface area contributed by atoms with E-state index in [1.54, 1.807) is 0 Å². The lowest BCUT2D eigenvalue weighted by Gasteiger charge is -2.27. The quantitative estimate of drug-likeness (QED) is 0.227. The van der Waals surface area contributed by atoms with Gasteiger partial charge in [-0.15, -0.1) is 10.2 Å². The number of rotatable bonds is 10. The van der Waals surface area contributed by atoms with Crippen LogP contribution in [0.4, 0.5) is 9.59 Å². The minimum Gasteiger partial charge on any atom is -0.440 e. The van der Waals surface area contributed by atoms with Gasteiger partial charge in [0.2, 0.25) is 0 Å². The van der Waals surface area contributed by atoms with Crippen LogP contribution in [0.5, 0.6) is 0 Å². The lowest BCUT2D eigenvalue weighted by molar-refractivity contribution is 0.0705. The first-order valence-corrected chi connectivity index (χ1v) is 17.4. The second-order valence-corrected chi connectivity index (χ2v) is 14.2. The van der Waals surface area contributed by atoms with Gasteiger partial charge < -0.3 is 29.6 Å². The Morgan fingerprint density at radius 1 is 0.780 bits per heavy atom. The van der Waals surface area contributed by atoms with Crippen LogP contribution in [0.1, 0.15) is 98.1 Å². The predicted molar refractivity (Wildman–Crippen MR) is 178 cm³/mol. The van der Waals surface area contributed by atoms with Crippen molar-refractivity contribution < 1.29 is 28.5 Å². The molecule has 2 aromatic heterocycles. The van der Waals surface area contributed by atoms with Gasteiger partial charge in [0.15, 0.2) is 0 Å². The summed E-state index contributed by atoms with van der Waals surface area (Å²) >= 11 is 0. The summed E-state index contributed by atoms with van der Waals surface area (Å²) in [6, 6.07) is 17.9. The predicted octanol–water partition coefficient (Wildman–Crippen LogP) is 4.58. The molecule has 4 aliphatic rings. The summed E-state index contributed by atoms with van der Waals surface area (Å²) in [6.45, 7) is 7.97. The zero-order chi connectivity index (χ0) is 34.5. The average Bonchev–Trinajstić information content (AvgIpc) is 3.95. The second-order valence-electron chi connectivity index (χ2n) is 14.2. The van der Waals surface area contributed by atoms with Crippen molar-refractivity contribution in [2.75, 3.05) is 13.2 Å². The number of epoxide rings is 2. The Labute approximate surface area is 289 Å². The minimum absolute atomic E-state index is 0.0352. The number of nitrogens with one attached hydrogen (secondary N) is 2. The molecule has 262 valence electrons. The van der Waals surface area contributed by atoms with Gasteiger partial charge in [0.25, 0.3) is 0 Å². The van der Waals surface area contributed by atoms with Crippen LogP contribution >= 0.6 is 0 Å². The SMILES string of the molecule is CC(C)NC(=O)OC1CCC2(CO2)c2c1nnn2Cc1ccccc1CC(C)NC(=O)OC1CCC2(CO2)c2c1nnn2Cc1ccccc1. The zero-order valence-corrected chi connectivity index (χ0v) is 28.5. The van der Waals surface area contributed by atoms with Crippen molar-refractivity contribution in [1.29, 1.82) is 0 Å². The van der Waals surface area contributed by atoms with Crippen molar-refractivity contribution in [1.82, 2.24) is 40.6 Å². The van der Waals surface area contributed by atoms with E-state index in [1.165, 1.54) is 0 Å². The molecular weight excluding hydrogens is 640 g/mol. The van der Waals surface area contributed by atoms with Crippen LogP contribution in [0.25, 0.3) is 0 Å². The van der Waals surface area contributed by atoms with Crippen LogP contribution in [0.15, 0.2) is 54.6 Å². The zero-order valence-electron chi connectivity index (χ0n) is 28.5. The Hall–Kier alpha value is -4.82. The van der Waals surface area contributed by atoms with Crippen LogP contribution in [-0.2, 0) is 49.7 Å². The summed E-state index contributed by atoms with van der Waals surface area (Å²) in [5, 5.41) is 23.7. The second kappa shape index (κ2) is 12.8. The van der Waals surface area contributed by atoms with Crippen molar-refractivity contribution in [2.45, 2.75) is 101 Å². The molecule has 4 heterocycles. The Morgan fingerprint density at radius 2 is 1.30 bits per heavy atom. The number of hydrogen-bond donors (Lipinski definition) is 2. The van der Waals surface area contributed by atoms with Gasteiger partial charge in [0, 0.05) is 12.1 Å². The molecule has 2 aliphatic carbocycles. The normalized spacial score (nSPS) is 25.1. The number of amides is 2. The van der Waals surface area contributed by atoms with Crippen molar-refractivity contribution >= 4 is 12.2 Å². The number of ether oxygens (including phenoxy) is 4. The van der Waals surface area contributed by atoms with Crippen molar-refractivity contribution in [3.05, 3.63) is 94.1 Å². The number of alkyl carbamates (subject to hydrolysis) is 2. The van der Waals surface area contributed by atoms with Gasteiger partial charge in [-0.05, 0) is 69.6 Å². The number of benzene rings is 2. The summed E-state index contributed by atoms with van der Waals surface area (Å²) in [5.41, 5.74) is 5.45. The minimum atomic E-state index is -0.511. The molecule has 2 N–H and O–H groups in total. The Morgan fingerprint density at radius 3 is 1.86 bits per heavy atom. The maximum absolute atomic E-state index is 13.2. The lowest BCUT2D eigenvalue weighted by Crippen LogP contribution is -2.36. The molecule has 2 spiro atoms. The molecule has 5 unspecified atom stereocenters. The van der Waals surface area contributed by atoms with E-state index in [4.69, 9.17) is 18.9 Å². The number of fused-ring (bicyclic) bond motifs is 4. The highest BCUT2D eigenvalue weighted by Gasteiger charge is 2.56. The van der Waals surface area contributed by atoms with Crippen LogP contribution in [0, 0.1) is 0 Å². The van der Waals surface area contributed by atoms with Gasteiger partial charge in [-0.1, -0.05) is 65.0 Å². The first-order chi connectivity index (χ1) is 24.2. The Bertz CT molecular complexity index is 1880. The maximum Gasteiger partial charge on any atom is 0.408 e. The molecule has 2 amide bonds. The molecule has 0 radical (unpaired) electrons. The fourth-order valence-electron chi connectivity index (χ4n) is 7.42. The number of aromatic nitrogens is 6. The van der Waals surface area contributed by atoms with Crippen LogP contribution < -0.4 is 10.6 Å². The van der Waals surface area contributed by atoms with Gasteiger partial charge in [0.1, 0.15) is 46.2 Å². The van der Waals surface area contributed by atoms with Gasteiger partial charge in [-0.3, -0.25) is 0 Å². The van der Waals surface area contributed by atoms with Crippen LogP contribution in [0.3, 0.4) is 0 Å². The molecule has 14 heteroatoms. The third-order valence-corrected chi connectivity index (χ3v) is 10.0. The number of hydrogen-bond acceptors (Lipinski definition) is 10. The molecule has 0 saturated carbocycles. The first kappa shape index (κ1) is 32.4. The average molecular weight is 683 g/mol. The number of carbonyl (C=O) groups is 2. The van der Waals surface area contributed by atoms with Gasteiger partial charge in [-0.2, -0.15) is 0 Å². The van der Waals surface area contributed by atoms with Gasteiger partial charge >= 0.3 is 12.2 Å². The highest BCUT2D eigenvalue weighted by atomic mass is 16.6. The molecule has 4 aromatic rings. The van der Waals surface area contributed by atoms with E-state index < -0.39 is 35.6 Å². The molecular formula is C36H42N8O6. The summed E-state index contributed by atoms with van der Waals surface area (Å²) in [5.74, 6) is 0. The first-order valence-electron chi connectivity index (χ1n) is 17.4. The van der Waals surface area contributed by atoms with Gasteiger partial charge in [-0.25, -0.2) is 19.0 Å². The van der Waals surface area contributed by atoms with E-state index in [9.17, 15) is 9.59 Å². The van der Waals surface area contributed by atoms with Crippen molar-refractivity contribution in [2.24, 2.45) is 0 Å². The molecule has 2 saturated heterocycles. The van der Waals surface area contributed by atoms with E-state index in [-0.39, 0.29) is 12.1 Å². The lowest BCUT2D eigenvalue weighted by atomic mass is 9.88. The summed E-state index contributed by atoms with van der Waals surface area (Å²) < 4.78 is 27.3. The molecule has 14 nitrogen and oxygen atoms in total. The van der Waals surface area contributed by atoms with E-state index >= 15 is 0 Å². The third kappa shape index (κ3) is 6.33. The topological polar surface area (TPSA) is 163 Å². The highest BCUT2D eigenvalue weighted by molar-refractivity contribution is 5.68. The Kier molecular flexibility index (Phi) is 8.30. The maximum atomic E-state index is 13.2. The molecule has 2 aromatic carbocycles. The summed E-state index contributed by atoms with van der Waals surface area (Å²) in [7, 11) is 0. The van der Waals surface area contributed by atoms with E-state index in [2.05, 4.69) is 55.5 Å². The smallest absolute Gasteiger partial charge is 0.408 e. The van der Waals surface area contributed by atoms with Gasteiger partial charge in [0.05, 0.1) is 26.3 Å². The standard InChI is InChI=1S/C36H42N8O6/c1-22(2)37-33(45)49-27-13-16-36(21-48-36)32-30(27)40-42-44(32)19-26-12-8-7-11-25(26)17-23(3)38-34(46)50-28-14-15-35(20-47-35)31-29(28)39-41-43(31)18-24-9-5-4-6-10-24/h4-12,22-23,27-28H,13-21H2,1-3H3,(H,37,45)(H,38,46). The monoisotopic (exact) mass is 682 g/mol. The largest absolute Gasteiger partial charge is 0.440 e. The molecule has 50 heavy (non-hydrogen) atoms. The van der Waals surface area contributed by atoms with Crippen molar-refractivity contribution in [3.8, 4) is 0 Å². The number of nitrogens with zero attached hydrogens (tertiary/aromatic N) is 6. The molecule has 2 fully saturated rings. The highest BCUT2D eigenvalue weighted by Crippen LogP contribution is 2.52. The molecule has 2 aliphatic heterocycles. The fraction of sp³-hybridized carbons (Fsp3) is 0.500. The van der Waals surface area contributed by atoms with E-state index in [0.29, 0.717) is 57.0 Å². The van der Waals surface area contributed by atoms with Crippen LogP contribution in [-0.4, -0.2) is 67.5 Å². The summed E-state index contributed by atoms with van der Waals surface area (Å²) in [6.07, 6.45) is 1.29.